The molecule has 0 bridgehead atoms. The van der Waals surface area contributed by atoms with Gasteiger partial charge in [0.05, 0.1) is 0 Å². The Bertz CT molecular complexity index is 418. The van der Waals surface area contributed by atoms with Gasteiger partial charge in [-0.1, -0.05) is 97.3 Å². The molecule has 0 saturated heterocycles. The van der Waals surface area contributed by atoms with Crippen LogP contribution in [0.4, 0.5) is 0 Å². The molecule has 0 heteroatoms. The maximum atomic E-state index is 2.53. The molecular weight excluding hydrogens is 276 g/mol. The highest BCUT2D eigenvalue weighted by atomic mass is 14.2. The summed E-state index contributed by atoms with van der Waals surface area (Å²) < 4.78 is 0. The summed E-state index contributed by atoms with van der Waals surface area (Å²) in [6.07, 6.45) is 13.4. The Hall–Kier alpha value is -0.780. The van der Waals surface area contributed by atoms with E-state index in [0.717, 1.165) is 11.8 Å². The highest BCUT2D eigenvalue weighted by Gasteiger charge is 2.12. The average molecular weight is 317 g/mol. The summed E-state index contributed by atoms with van der Waals surface area (Å²) >= 11 is 0. The molecule has 2 atom stereocenters. The van der Waals surface area contributed by atoms with Crippen molar-refractivity contribution in [2.75, 3.05) is 0 Å². The molecule has 0 spiro atoms. The summed E-state index contributed by atoms with van der Waals surface area (Å²) in [5.41, 5.74) is 4.67. The van der Waals surface area contributed by atoms with Crippen LogP contribution in [0.15, 0.2) is 18.2 Å². The van der Waals surface area contributed by atoms with Crippen LogP contribution in [0.5, 0.6) is 0 Å². The van der Waals surface area contributed by atoms with E-state index in [1.54, 1.807) is 11.1 Å². The topological polar surface area (TPSA) is 0 Å². The Balaban J connectivity index is 2.73. The van der Waals surface area contributed by atoms with E-state index in [1.807, 2.05) is 0 Å². The second kappa shape index (κ2) is 11.7. The lowest BCUT2D eigenvalue weighted by molar-refractivity contribution is 0.444. The number of rotatable bonds is 12. The Morgan fingerprint density at radius 3 is 1.87 bits per heavy atom. The first-order valence-electron chi connectivity index (χ1n) is 10.2. The molecule has 0 aliphatic rings. The lowest BCUT2D eigenvalue weighted by atomic mass is 9.87. The van der Waals surface area contributed by atoms with E-state index in [4.69, 9.17) is 0 Å². The largest absolute Gasteiger partial charge is 0.0654 e. The molecule has 0 heterocycles. The van der Waals surface area contributed by atoms with Crippen molar-refractivity contribution < 1.29 is 0 Å². The molecule has 23 heavy (non-hydrogen) atoms. The molecular formula is C23H40. The zero-order chi connectivity index (χ0) is 17.1. The normalized spacial score (nSPS) is 14.0. The van der Waals surface area contributed by atoms with Crippen molar-refractivity contribution in [2.45, 2.75) is 98.8 Å². The zero-order valence-electron chi connectivity index (χ0n) is 16.5. The Morgan fingerprint density at radius 1 is 0.783 bits per heavy atom. The van der Waals surface area contributed by atoms with Crippen molar-refractivity contribution in [1.82, 2.24) is 0 Å². The second-order valence-corrected chi connectivity index (χ2v) is 7.50. The van der Waals surface area contributed by atoms with Gasteiger partial charge >= 0.3 is 0 Å². The minimum atomic E-state index is 0.867. The lowest BCUT2D eigenvalue weighted by Gasteiger charge is -2.19. The third-order valence-electron chi connectivity index (χ3n) is 5.53. The molecule has 1 rings (SSSR count). The SMILES string of the molecule is CCCCC(CC)Cc1ccc(C)c(CC(CC)CCCC)c1. The summed E-state index contributed by atoms with van der Waals surface area (Å²) in [7, 11) is 0. The Kier molecular flexibility index (Phi) is 10.3. The van der Waals surface area contributed by atoms with Crippen molar-refractivity contribution in [3.8, 4) is 0 Å². The third-order valence-corrected chi connectivity index (χ3v) is 5.53. The molecule has 1 aromatic rings. The molecule has 0 fully saturated rings. The summed E-state index contributed by atoms with van der Waals surface area (Å²) in [6, 6.07) is 7.27. The molecule has 0 radical (unpaired) electrons. The third kappa shape index (κ3) is 7.55. The smallest absolute Gasteiger partial charge is 0.0248 e. The fourth-order valence-electron chi connectivity index (χ4n) is 3.60. The van der Waals surface area contributed by atoms with Crippen molar-refractivity contribution in [1.29, 1.82) is 0 Å². The lowest BCUT2D eigenvalue weighted by Crippen LogP contribution is -2.07. The van der Waals surface area contributed by atoms with Crippen LogP contribution in [0.25, 0.3) is 0 Å². The van der Waals surface area contributed by atoms with E-state index >= 15 is 0 Å². The molecule has 2 unspecified atom stereocenters. The highest BCUT2D eigenvalue weighted by Crippen LogP contribution is 2.24. The van der Waals surface area contributed by atoms with Crippen molar-refractivity contribution in [3.63, 3.8) is 0 Å². The number of unbranched alkanes of at least 4 members (excludes halogenated alkanes) is 2. The van der Waals surface area contributed by atoms with Crippen LogP contribution in [-0.2, 0) is 12.8 Å². The fourth-order valence-corrected chi connectivity index (χ4v) is 3.60. The maximum absolute atomic E-state index is 2.53. The van der Waals surface area contributed by atoms with Gasteiger partial charge in [0.15, 0.2) is 0 Å². The van der Waals surface area contributed by atoms with Gasteiger partial charge in [0.1, 0.15) is 0 Å². The van der Waals surface area contributed by atoms with Gasteiger partial charge in [0.25, 0.3) is 0 Å². The molecule has 0 saturated carbocycles. The van der Waals surface area contributed by atoms with E-state index in [9.17, 15) is 0 Å². The summed E-state index contributed by atoms with van der Waals surface area (Å²) in [5.74, 6) is 1.73. The van der Waals surface area contributed by atoms with Crippen LogP contribution in [0.3, 0.4) is 0 Å². The minimum absolute atomic E-state index is 0.867. The van der Waals surface area contributed by atoms with Crippen LogP contribution in [0.1, 0.15) is 95.8 Å². The number of aryl methyl sites for hydroxylation is 1. The van der Waals surface area contributed by atoms with Crippen molar-refractivity contribution in [2.24, 2.45) is 11.8 Å². The van der Waals surface area contributed by atoms with Gasteiger partial charge in [-0.3, -0.25) is 0 Å². The Labute approximate surface area is 146 Å². The van der Waals surface area contributed by atoms with E-state index in [-0.39, 0.29) is 0 Å². The van der Waals surface area contributed by atoms with E-state index in [0.29, 0.717) is 0 Å². The molecule has 1 aromatic carbocycles. The average Bonchev–Trinajstić information content (AvgIpc) is 2.57. The van der Waals surface area contributed by atoms with Gasteiger partial charge in [-0.15, -0.1) is 0 Å². The van der Waals surface area contributed by atoms with Gasteiger partial charge in [-0.25, -0.2) is 0 Å². The molecule has 0 amide bonds. The number of hydrogen-bond donors (Lipinski definition) is 0. The Morgan fingerprint density at radius 2 is 1.35 bits per heavy atom. The van der Waals surface area contributed by atoms with E-state index < -0.39 is 0 Å². The first kappa shape index (κ1) is 20.3. The maximum Gasteiger partial charge on any atom is -0.0248 e. The summed E-state index contributed by atoms with van der Waals surface area (Å²) in [6.45, 7) is 11.6. The molecule has 0 aromatic heterocycles. The second-order valence-electron chi connectivity index (χ2n) is 7.50. The van der Waals surface area contributed by atoms with Crippen LogP contribution in [-0.4, -0.2) is 0 Å². The molecule has 0 aliphatic heterocycles. The van der Waals surface area contributed by atoms with Gasteiger partial charge in [-0.05, 0) is 48.3 Å². The van der Waals surface area contributed by atoms with E-state index in [2.05, 4.69) is 52.8 Å². The van der Waals surface area contributed by atoms with Gasteiger partial charge < -0.3 is 0 Å². The number of hydrogen-bond acceptors (Lipinski definition) is 0. The molecule has 0 N–H and O–H groups in total. The predicted octanol–water partition coefficient (Wildman–Crippen LogP) is 7.51. The van der Waals surface area contributed by atoms with E-state index in [1.165, 1.54) is 69.8 Å². The predicted molar refractivity (Wildman–Crippen MR) is 105 cm³/mol. The molecule has 0 aliphatic carbocycles. The zero-order valence-corrected chi connectivity index (χ0v) is 16.5. The quantitative estimate of drug-likeness (QED) is 0.374. The van der Waals surface area contributed by atoms with Crippen molar-refractivity contribution in [3.05, 3.63) is 34.9 Å². The first-order chi connectivity index (χ1) is 11.1. The molecule has 132 valence electrons. The fraction of sp³-hybridized carbons (Fsp3) is 0.739. The summed E-state index contributed by atoms with van der Waals surface area (Å²) in [5, 5.41) is 0. The van der Waals surface area contributed by atoms with Crippen LogP contribution >= 0.6 is 0 Å². The summed E-state index contributed by atoms with van der Waals surface area (Å²) in [4.78, 5) is 0. The standard InChI is InChI=1S/C23H40/c1-6-10-12-20(8-3)16-22-15-14-19(5)23(18-22)17-21(9-4)13-11-7-2/h14-15,18,20-21H,6-13,16-17H2,1-5H3. The first-order valence-corrected chi connectivity index (χ1v) is 10.2. The van der Waals surface area contributed by atoms with Gasteiger partial charge in [0, 0.05) is 0 Å². The minimum Gasteiger partial charge on any atom is -0.0654 e. The van der Waals surface area contributed by atoms with Gasteiger partial charge in [-0.2, -0.15) is 0 Å². The van der Waals surface area contributed by atoms with Crippen LogP contribution in [0.2, 0.25) is 0 Å². The molecule has 0 nitrogen and oxygen atoms in total. The van der Waals surface area contributed by atoms with Gasteiger partial charge in [0.2, 0.25) is 0 Å². The highest BCUT2D eigenvalue weighted by molar-refractivity contribution is 5.31. The monoisotopic (exact) mass is 316 g/mol. The van der Waals surface area contributed by atoms with Crippen molar-refractivity contribution >= 4 is 0 Å². The van der Waals surface area contributed by atoms with Crippen LogP contribution < -0.4 is 0 Å². The van der Waals surface area contributed by atoms with Crippen LogP contribution in [0, 0.1) is 18.8 Å². The number of benzene rings is 1.